The first kappa shape index (κ1) is 21.3. The lowest BCUT2D eigenvalue weighted by molar-refractivity contribution is 0.0625. The molecule has 0 saturated carbocycles. The third-order valence-corrected chi connectivity index (χ3v) is 5.28. The molecule has 29 heavy (non-hydrogen) atoms. The Morgan fingerprint density at radius 3 is 2.76 bits per heavy atom. The highest BCUT2D eigenvalue weighted by molar-refractivity contribution is 5.79. The van der Waals surface area contributed by atoms with Crippen molar-refractivity contribution in [3.63, 3.8) is 0 Å². The van der Waals surface area contributed by atoms with Crippen molar-refractivity contribution in [1.29, 1.82) is 0 Å². The van der Waals surface area contributed by atoms with Gasteiger partial charge in [0.2, 0.25) is 0 Å². The zero-order valence-electron chi connectivity index (χ0n) is 17.5. The zero-order chi connectivity index (χ0) is 20.5. The Hall–Kier alpha value is -2.41. The molecule has 2 aromatic rings. The summed E-state index contributed by atoms with van der Waals surface area (Å²) in [6, 6.07) is 8.32. The van der Waals surface area contributed by atoms with Crippen molar-refractivity contribution >= 4 is 5.96 Å². The van der Waals surface area contributed by atoms with Crippen LogP contribution in [-0.2, 0) is 11.2 Å². The van der Waals surface area contributed by atoms with Crippen molar-refractivity contribution in [2.75, 3.05) is 39.9 Å². The highest BCUT2D eigenvalue weighted by atomic mass is 19.1. The molecule has 0 atom stereocenters. The van der Waals surface area contributed by atoms with E-state index in [9.17, 15) is 4.39 Å². The van der Waals surface area contributed by atoms with Crippen LogP contribution in [0.2, 0.25) is 0 Å². The summed E-state index contributed by atoms with van der Waals surface area (Å²) in [6.07, 6.45) is 6.16. The van der Waals surface area contributed by atoms with Gasteiger partial charge >= 0.3 is 0 Å². The van der Waals surface area contributed by atoms with Crippen LogP contribution in [0.1, 0.15) is 31.9 Å². The Kier molecular flexibility index (Phi) is 8.04. The summed E-state index contributed by atoms with van der Waals surface area (Å²) >= 11 is 0. The van der Waals surface area contributed by atoms with Gasteiger partial charge in [0, 0.05) is 52.5 Å². The van der Waals surface area contributed by atoms with Gasteiger partial charge in [0.1, 0.15) is 5.82 Å². The predicted octanol–water partition coefficient (Wildman–Crippen LogP) is 3.27. The summed E-state index contributed by atoms with van der Waals surface area (Å²) in [4.78, 5) is 6.99. The van der Waals surface area contributed by atoms with Gasteiger partial charge in [-0.25, -0.2) is 9.07 Å². The summed E-state index contributed by atoms with van der Waals surface area (Å²) in [5.41, 5.74) is 1.82. The monoisotopic (exact) mass is 401 g/mol. The molecule has 1 N–H and O–H groups in total. The van der Waals surface area contributed by atoms with Gasteiger partial charge in [-0.3, -0.25) is 4.99 Å². The van der Waals surface area contributed by atoms with Crippen molar-refractivity contribution in [2.24, 2.45) is 10.9 Å². The summed E-state index contributed by atoms with van der Waals surface area (Å²) < 4.78 is 20.3. The standard InChI is InChI=1S/C22H32FN5O/c1-3-24-22(27(2)14-9-18-11-16-29-17-12-18)25-13-8-20-10-15-28(26-20)21-6-4-19(23)5-7-21/h4-7,10,15,18H,3,8-9,11-14,16-17H2,1-2H3,(H,24,25). The van der Waals surface area contributed by atoms with E-state index in [-0.39, 0.29) is 5.82 Å². The normalized spacial score (nSPS) is 15.5. The van der Waals surface area contributed by atoms with Crippen LogP contribution in [0.15, 0.2) is 41.5 Å². The molecule has 1 fully saturated rings. The SMILES string of the molecule is CCNC(=NCCc1ccn(-c2ccc(F)cc2)n1)N(C)CCC1CCOCC1. The molecule has 1 aromatic heterocycles. The number of nitrogens with one attached hydrogen (secondary N) is 1. The fourth-order valence-electron chi connectivity index (χ4n) is 3.50. The number of hydrogen-bond acceptors (Lipinski definition) is 3. The smallest absolute Gasteiger partial charge is 0.193 e. The minimum atomic E-state index is -0.243. The fourth-order valence-corrected chi connectivity index (χ4v) is 3.50. The highest BCUT2D eigenvalue weighted by Crippen LogP contribution is 2.18. The average molecular weight is 402 g/mol. The Morgan fingerprint density at radius 2 is 2.03 bits per heavy atom. The molecule has 7 heteroatoms. The van der Waals surface area contributed by atoms with E-state index >= 15 is 0 Å². The van der Waals surface area contributed by atoms with Gasteiger partial charge in [0.25, 0.3) is 0 Å². The first-order valence-electron chi connectivity index (χ1n) is 10.5. The first-order valence-corrected chi connectivity index (χ1v) is 10.5. The average Bonchev–Trinajstić information content (AvgIpc) is 3.21. The Bertz CT molecular complexity index is 768. The second-order valence-corrected chi connectivity index (χ2v) is 7.48. The number of benzene rings is 1. The van der Waals surface area contributed by atoms with Crippen LogP contribution in [0, 0.1) is 11.7 Å². The van der Waals surface area contributed by atoms with Gasteiger partial charge in [0.15, 0.2) is 5.96 Å². The van der Waals surface area contributed by atoms with E-state index in [1.54, 1.807) is 16.8 Å². The van der Waals surface area contributed by atoms with Crippen molar-refractivity contribution in [2.45, 2.75) is 32.6 Å². The van der Waals surface area contributed by atoms with E-state index in [1.807, 2.05) is 12.3 Å². The molecule has 158 valence electrons. The van der Waals surface area contributed by atoms with Gasteiger partial charge < -0.3 is 15.0 Å². The van der Waals surface area contributed by atoms with E-state index in [0.29, 0.717) is 6.54 Å². The van der Waals surface area contributed by atoms with Crippen LogP contribution in [0.5, 0.6) is 0 Å². The van der Waals surface area contributed by atoms with Gasteiger partial charge in [-0.2, -0.15) is 5.10 Å². The summed E-state index contributed by atoms with van der Waals surface area (Å²) in [7, 11) is 2.10. The number of halogens is 1. The summed E-state index contributed by atoms with van der Waals surface area (Å²) in [6.45, 7) is 6.39. The largest absolute Gasteiger partial charge is 0.381 e. The second kappa shape index (κ2) is 11.0. The van der Waals surface area contributed by atoms with Crippen molar-refractivity contribution < 1.29 is 9.13 Å². The molecule has 1 aliphatic rings. The van der Waals surface area contributed by atoms with Crippen LogP contribution >= 0.6 is 0 Å². The minimum Gasteiger partial charge on any atom is -0.381 e. The van der Waals surface area contributed by atoms with E-state index < -0.39 is 0 Å². The topological polar surface area (TPSA) is 54.7 Å². The van der Waals surface area contributed by atoms with Gasteiger partial charge in [0.05, 0.1) is 11.4 Å². The Labute approximate surface area is 172 Å². The number of aromatic nitrogens is 2. The maximum absolute atomic E-state index is 13.1. The maximum atomic E-state index is 13.1. The molecule has 1 saturated heterocycles. The van der Waals surface area contributed by atoms with E-state index in [2.05, 4.69) is 29.3 Å². The molecule has 3 rings (SSSR count). The third kappa shape index (κ3) is 6.56. The number of guanidine groups is 1. The molecule has 0 spiro atoms. The number of hydrogen-bond donors (Lipinski definition) is 1. The predicted molar refractivity (Wildman–Crippen MR) is 114 cm³/mol. The molecule has 1 aromatic carbocycles. The maximum Gasteiger partial charge on any atom is 0.193 e. The van der Waals surface area contributed by atoms with Crippen LogP contribution in [0.3, 0.4) is 0 Å². The molecular formula is C22H32FN5O. The van der Waals surface area contributed by atoms with Gasteiger partial charge in [-0.1, -0.05) is 0 Å². The molecule has 0 amide bonds. The van der Waals surface area contributed by atoms with Crippen LogP contribution < -0.4 is 5.32 Å². The van der Waals surface area contributed by atoms with Crippen LogP contribution in [0.4, 0.5) is 4.39 Å². The molecule has 0 radical (unpaired) electrons. The fraction of sp³-hybridized carbons (Fsp3) is 0.545. The molecule has 2 heterocycles. The number of ether oxygens (including phenoxy) is 1. The second-order valence-electron chi connectivity index (χ2n) is 7.48. The molecule has 0 aliphatic carbocycles. The van der Waals surface area contributed by atoms with E-state index in [1.165, 1.54) is 18.6 Å². The first-order chi connectivity index (χ1) is 14.2. The lowest BCUT2D eigenvalue weighted by Gasteiger charge is -2.26. The third-order valence-electron chi connectivity index (χ3n) is 5.28. The Morgan fingerprint density at radius 1 is 1.28 bits per heavy atom. The highest BCUT2D eigenvalue weighted by Gasteiger charge is 2.15. The number of aliphatic imine (C=N–C) groups is 1. The molecule has 0 unspecified atom stereocenters. The number of nitrogens with zero attached hydrogens (tertiary/aromatic N) is 4. The van der Waals surface area contributed by atoms with Crippen molar-refractivity contribution in [3.05, 3.63) is 48.0 Å². The zero-order valence-corrected chi connectivity index (χ0v) is 17.5. The van der Waals surface area contributed by atoms with Gasteiger partial charge in [-0.15, -0.1) is 0 Å². The van der Waals surface area contributed by atoms with Crippen LogP contribution in [0.25, 0.3) is 5.69 Å². The van der Waals surface area contributed by atoms with Gasteiger partial charge in [-0.05, 0) is 62.4 Å². The molecule has 6 nitrogen and oxygen atoms in total. The minimum absolute atomic E-state index is 0.243. The quantitative estimate of drug-likeness (QED) is 0.545. The van der Waals surface area contributed by atoms with Crippen molar-refractivity contribution in [3.8, 4) is 5.69 Å². The summed E-state index contributed by atoms with van der Waals surface area (Å²) in [5, 5.41) is 7.96. The van der Waals surface area contributed by atoms with E-state index in [4.69, 9.17) is 9.73 Å². The number of rotatable bonds is 8. The lowest BCUT2D eigenvalue weighted by Crippen LogP contribution is -2.40. The van der Waals surface area contributed by atoms with Crippen LogP contribution in [-0.4, -0.2) is 60.5 Å². The van der Waals surface area contributed by atoms with Crippen molar-refractivity contribution in [1.82, 2.24) is 20.0 Å². The Balaban J connectivity index is 1.51. The van der Waals surface area contributed by atoms with E-state index in [0.717, 1.165) is 68.8 Å². The lowest BCUT2D eigenvalue weighted by atomic mass is 9.96. The molecule has 1 aliphatic heterocycles. The summed E-state index contributed by atoms with van der Waals surface area (Å²) in [5.74, 6) is 1.45. The molecule has 0 bridgehead atoms. The molecular weight excluding hydrogens is 369 g/mol.